The highest BCUT2D eigenvalue weighted by molar-refractivity contribution is 5.80. The summed E-state index contributed by atoms with van der Waals surface area (Å²) < 4.78 is 4.83. The Bertz CT molecular complexity index is 284. The number of hydrogen-bond donors (Lipinski definition) is 2. The van der Waals surface area contributed by atoms with Gasteiger partial charge in [-0.25, -0.2) is 4.79 Å². The van der Waals surface area contributed by atoms with Crippen molar-refractivity contribution in [3.8, 4) is 0 Å². The molecule has 0 bridgehead atoms. The Hall–Kier alpha value is -1.34. The lowest BCUT2D eigenvalue weighted by Gasteiger charge is -2.26. The van der Waals surface area contributed by atoms with Gasteiger partial charge >= 0.3 is 12.0 Å². The van der Waals surface area contributed by atoms with Gasteiger partial charge in [-0.05, 0) is 6.42 Å². The Morgan fingerprint density at radius 2 is 2.24 bits per heavy atom. The maximum absolute atomic E-state index is 12.0. The molecule has 1 aliphatic heterocycles. The first kappa shape index (κ1) is 13.7. The fraction of sp³-hybridized carbons (Fsp3) is 0.800. The summed E-state index contributed by atoms with van der Waals surface area (Å²) in [5.74, 6) is -1.06. The van der Waals surface area contributed by atoms with Crippen LogP contribution >= 0.6 is 0 Å². The van der Waals surface area contributed by atoms with Crippen molar-refractivity contribution < 1.29 is 24.5 Å². The number of carboxylic acids is 1. The van der Waals surface area contributed by atoms with Crippen molar-refractivity contribution in [3.05, 3.63) is 0 Å². The molecule has 7 nitrogen and oxygen atoms in total. The topological polar surface area (TPSA) is 90.3 Å². The number of aliphatic hydroxyl groups excluding tert-OH is 1. The second-order valence-corrected chi connectivity index (χ2v) is 3.98. The van der Waals surface area contributed by atoms with E-state index in [9.17, 15) is 14.7 Å². The normalized spacial score (nSPS) is 19.4. The highest BCUT2D eigenvalue weighted by Crippen LogP contribution is 2.11. The molecule has 0 radical (unpaired) electrons. The fourth-order valence-corrected chi connectivity index (χ4v) is 1.72. The summed E-state index contributed by atoms with van der Waals surface area (Å²) in [6.07, 6.45) is 0.0322. The number of hydrogen-bond acceptors (Lipinski definition) is 4. The third kappa shape index (κ3) is 4.20. The summed E-state index contributed by atoms with van der Waals surface area (Å²) >= 11 is 0. The standard InChI is InChI=1S/C10H18N2O5/c1-17-5-4-12(7-9(14)15)10(16)11-3-2-8(13)6-11/h8,13H,2-7H2,1H3,(H,14,15). The summed E-state index contributed by atoms with van der Waals surface area (Å²) in [6, 6.07) is -0.360. The van der Waals surface area contributed by atoms with E-state index in [2.05, 4.69) is 0 Å². The van der Waals surface area contributed by atoms with Gasteiger partial charge in [-0.3, -0.25) is 4.79 Å². The van der Waals surface area contributed by atoms with Gasteiger partial charge in [0.1, 0.15) is 6.54 Å². The summed E-state index contributed by atoms with van der Waals surface area (Å²) in [6.45, 7) is 0.892. The molecule has 1 fully saturated rings. The Morgan fingerprint density at radius 1 is 1.53 bits per heavy atom. The van der Waals surface area contributed by atoms with Crippen LogP contribution in [0.3, 0.4) is 0 Å². The van der Waals surface area contributed by atoms with Crippen LogP contribution in [-0.2, 0) is 9.53 Å². The third-order valence-corrected chi connectivity index (χ3v) is 2.60. The van der Waals surface area contributed by atoms with Crippen molar-refractivity contribution in [2.24, 2.45) is 0 Å². The number of ether oxygens (including phenoxy) is 1. The van der Waals surface area contributed by atoms with Crippen molar-refractivity contribution in [3.63, 3.8) is 0 Å². The summed E-state index contributed by atoms with van der Waals surface area (Å²) in [7, 11) is 1.49. The maximum atomic E-state index is 12.0. The number of likely N-dealkylation sites (tertiary alicyclic amines) is 1. The first-order valence-corrected chi connectivity index (χ1v) is 5.47. The fourth-order valence-electron chi connectivity index (χ4n) is 1.72. The van der Waals surface area contributed by atoms with E-state index in [4.69, 9.17) is 9.84 Å². The van der Waals surface area contributed by atoms with Gasteiger partial charge in [0, 0.05) is 26.7 Å². The molecule has 1 atom stereocenters. The van der Waals surface area contributed by atoms with Crippen LogP contribution in [0, 0.1) is 0 Å². The molecule has 0 aromatic carbocycles. The van der Waals surface area contributed by atoms with Crippen molar-refractivity contribution >= 4 is 12.0 Å². The van der Waals surface area contributed by atoms with Gasteiger partial charge in [0.2, 0.25) is 0 Å². The van der Waals surface area contributed by atoms with Gasteiger partial charge in [0.15, 0.2) is 0 Å². The van der Waals surface area contributed by atoms with Gasteiger partial charge in [-0.1, -0.05) is 0 Å². The summed E-state index contributed by atoms with van der Waals surface area (Å²) in [5, 5.41) is 18.1. The van der Waals surface area contributed by atoms with E-state index < -0.39 is 12.1 Å². The van der Waals surface area contributed by atoms with Crippen LogP contribution in [0.15, 0.2) is 0 Å². The van der Waals surface area contributed by atoms with Crippen molar-refractivity contribution in [1.82, 2.24) is 9.80 Å². The lowest BCUT2D eigenvalue weighted by Crippen LogP contribution is -2.46. The van der Waals surface area contributed by atoms with Crippen LogP contribution in [0.4, 0.5) is 4.79 Å². The van der Waals surface area contributed by atoms with Crippen LogP contribution in [0.2, 0.25) is 0 Å². The lowest BCUT2D eigenvalue weighted by molar-refractivity contribution is -0.137. The number of methoxy groups -OCH3 is 1. The van der Waals surface area contributed by atoms with Crippen LogP contribution in [0.25, 0.3) is 0 Å². The quantitative estimate of drug-likeness (QED) is 0.663. The smallest absolute Gasteiger partial charge is 0.323 e. The molecule has 0 saturated carbocycles. The number of carbonyl (C=O) groups is 2. The number of rotatable bonds is 5. The van der Waals surface area contributed by atoms with Crippen LogP contribution in [-0.4, -0.2) is 78.0 Å². The Labute approximate surface area is 99.6 Å². The average molecular weight is 246 g/mol. The molecule has 7 heteroatoms. The van der Waals surface area contributed by atoms with Crippen LogP contribution < -0.4 is 0 Å². The molecular formula is C10H18N2O5. The minimum absolute atomic E-state index is 0.230. The minimum atomic E-state index is -1.06. The number of carboxylic acid groups (broad SMARTS) is 1. The van der Waals surface area contributed by atoms with Crippen molar-refractivity contribution in [2.75, 3.05) is 39.9 Å². The number of carbonyl (C=O) groups excluding carboxylic acids is 1. The van der Waals surface area contributed by atoms with Gasteiger partial charge in [0.05, 0.1) is 12.7 Å². The molecule has 0 spiro atoms. The van der Waals surface area contributed by atoms with Gasteiger partial charge in [-0.15, -0.1) is 0 Å². The van der Waals surface area contributed by atoms with E-state index in [1.807, 2.05) is 0 Å². The SMILES string of the molecule is COCCN(CC(=O)O)C(=O)N1CCC(O)C1. The number of aliphatic hydroxyl groups is 1. The zero-order chi connectivity index (χ0) is 12.8. The van der Waals surface area contributed by atoms with Crippen molar-refractivity contribution in [2.45, 2.75) is 12.5 Å². The first-order chi connectivity index (χ1) is 8.04. The minimum Gasteiger partial charge on any atom is -0.480 e. The number of aliphatic carboxylic acids is 1. The molecule has 2 N–H and O–H groups in total. The Balaban J connectivity index is 2.55. The van der Waals surface area contributed by atoms with Crippen LogP contribution in [0.1, 0.15) is 6.42 Å². The molecule has 1 heterocycles. The molecule has 1 rings (SSSR count). The zero-order valence-corrected chi connectivity index (χ0v) is 9.83. The highest BCUT2D eigenvalue weighted by Gasteiger charge is 2.28. The maximum Gasteiger partial charge on any atom is 0.323 e. The zero-order valence-electron chi connectivity index (χ0n) is 9.83. The second-order valence-electron chi connectivity index (χ2n) is 3.98. The van der Waals surface area contributed by atoms with Gasteiger partial charge in [-0.2, -0.15) is 0 Å². The number of amides is 2. The largest absolute Gasteiger partial charge is 0.480 e. The average Bonchev–Trinajstić information content (AvgIpc) is 2.69. The molecule has 17 heavy (non-hydrogen) atoms. The summed E-state index contributed by atoms with van der Waals surface area (Å²) in [4.78, 5) is 25.3. The van der Waals surface area contributed by atoms with Crippen LogP contribution in [0.5, 0.6) is 0 Å². The molecule has 98 valence electrons. The van der Waals surface area contributed by atoms with Gasteiger partial charge in [0.25, 0.3) is 0 Å². The van der Waals surface area contributed by atoms with E-state index in [0.29, 0.717) is 13.0 Å². The molecular weight excluding hydrogens is 228 g/mol. The number of nitrogens with zero attached hydrogens (tertiary/aromatic N) is 2. The van der Waals surface area contributed by atoms with Crippen molar-refractivity contribution in [1.29, 1.82) is 0 Å². The number of urea groups is 1. The number of β-amino-alcohol motifs (C(OH)–C–C–N with tert-alkyl or cyclic N) is 1. The van der Waals surface area contributed by atoms with E-state index in [-0.39, 0.29) is 32.3 Å². The predicted octanol–water partition coefficient (Wildman–Crippen LogP) is -0.794. The second kappa shape index (κ2) is 6.41. The van der Waals surface area contributed by atoms with Gasteiger partial charge < -0.3 is 24.7 Å². The molecule has 0 aromatic heterocycles. The van der Waals surface area contributed by atoms with E-state index >= 15 is 0 Å². The first-order valence-electron chi connectivity index (χ1n) is 5.47. The Morgan fingerprint density at radius 3 is 2.71 bits per heavy atom. The highest BCUT2D eigenvalue weighted by atomic mass is 16.5. The van der Waals surface area contributed by atoms with E-state index in [0.717, 1.165) is 0 Å². The third-order valence-electron chi connectivity index (χ3n) is 2.60. The predicted molar refractivity (Wildman–Crippen MR) is 58.7 cm³/mol. The van der Waals surface area contributed by atoms with E-state index in [1.165, 1.54) is 16.9 Å². The molecule has 0 aliphatic carbocycles. The molecule has 0 aromatic rings. The summed E-state index contributed by atoms with van der Waals surface area (Å²) in [5.41, 5.74) is 0. The molecule has 2 amide bonds. The molecule has 1 aliphatic rings. The molecule has 1 saturated heterocycles. The monoisotopic (exact) mass is 246 g/mol. The lowest BCUT2D eigenvalue weighted by atomic mass is 10.3. The molecule has 1 unspecified atom stereocenters. The Kier molecular flexibility index (Phi) is 5.17. The van der Waals surface area contributed by atoms with E-state index in [1.54, 1.807) is 0 Å².